The van der Waals surface area contributed by atoms with E-state index in [1.165, 1.54) is 15.7 Å². The molecule has 0 unspecified atom stereocenters. The standard InChI is InChI=1S/C20H17N3O2/c1-23-11-21-17-15-13-9-5-6-10-14(13)16(12-7-3-2-4-8-12)22-19(15)25-18(17)20(23)24/h2-4,7-8,11H,5-6,9-10H2,1H3. The van der Waals surface area contributed by atoms with Crippen molar-refractivity contribution in [1.82, 2.24) is 14.5 Å². The summed E-state index contributed by atoms with van der Waals surface area (Å²) in [4.78, 5) is 21.7. The van der Waals surface area contributed by atoms with Gasteiger partial charge in [0.05, 0.1) is 17.4 Å². The minimum Gasteiger partial charge on any atom is -0.430 e. The highest BCUT2D eigenvalue weighted by atomic mass is 16.3. The third-order valence-corrected chi connectivity index (χ3v) is 5.06. The number of fused-ring (bicyclic) bond motifs is 5. The molecule has 0 fully saturated rings. The molecule has 1 aliphatic rings. The Morgan fingerprint density at radius 1 is 1.08 bits per heavy atom. The molecule has 0 saturated carbocycles. The topological polar surface area (TPSA) is 60.9 Å². The van der Waals surface area contributed by atoms with Crippen molar-refractivity contribution in [2.45, 2.75) is 25.7 Å². The highest BCUT2D eigenvalue weighted by Crippen LogP contribution is 2.38. The lowest BCUT2D eigenvalue weighted by atomic mass is 9.87. The van der Waals surface area contributed by atoms with Crippen molar-refractivity contribution in [3.05, 3.63) is 58.1 Å². The van der Waals surface area contributed by atoms with Gasteiger partial charge in [0.15, 0.2) is 0 Å². The molecule has 1 aliphatic carbocycles. The summed E-state index contributed by atoms with van der Waals surface area (Å²) in [5, 5.41) is 0.919. The second-order valence-corrected chi connectivity index (χ2v) is 6.61. The van der Waals surface area contributed by atoms with Gasteiger partial charge < -0.3 is 4.42 Å². The van der Waals surface area contributed by atoms with Crippen molar-refractivity contribution in [3.63, 3.8) is 0 Å². The molecular formula is C20H17N3O2. The summed E-state index contributed by atoms with van der Waals surface area (Å²) >= 11 is 0. The van der Waals surface area contributed by atoms with Crippen molar-refractivity contribution in [3.8, 4) is 11.3 Å². The van der Waals surface area contributed by atoms with Gasteiger partial charge in [-0.05, 0) is 36.8 Å². The van der Waals surface area contributed by atoms with E-state index in [4.69, 9.17) is 9.40 Å². The lowest BCUT2D eigenvalue weighted by molar-refractivity contribution is 0.635. The molecule has 0 saturated heterocycles. The number of aromatic nitrogens is 3. The molecular weight excluding hydrogens is 314 g/mol. The Bertz CT molecular complexity index is 1170. The first-order valence-electron chi connectivity index (χ1n) is 8.59. The van der Waals surface area contributed by atoms with Crippen LogP contribution in [0.1, 0.15) is 24.0 Å². The summed E-state index contributed by atoms with van der Waals surface area (Å²) in [6, 6.07) is 10.2. The number of rotatable bonds is 1. The van der Waals surface area contributed by atoms with Crippen LogP contribution >= 0.6 is 0 Å². The Morgan fingerprint density at radius 3 is 2.64 bits per heavy atom. The molecule has 0 bridgehead atoms. The fraction of sp³-hybridized carbons (Fsp3) is 0.250. The maximum absolute atomic E-state index is 12.4. The van der Waals surface area contributed by atoms with E-state index in [-0.39, 0.29) is 5.56 Å². The van der Waals surface area contributed by atoms with Crippen LogP contribution in [0.15, 0.2) is 45.9 Å². The molecule has 0 atom stereocenters. The van der Waals surface area contributed by atoms with E-state index < -0.39 is 0 Å². The second kappa shape index (κ2) is 5.28. The molecule has 0 aliphatic heterocycles. The zero-order valence-electron chi connectivity index (χ0n) is 14.0. The normalized spacial score (nSPS) is 14.1. The molecule has 5 nitrogen and oxygen atoms in total. The van der Waals surface area contributed by atoms with Crippen molar-refractivity contribution < 1.29 is 4.42 Å². The van der Waals surface area contributed by atoms with Gasteiger partial charge in [0.2, 0.25) is 11.3 Å². The maximum atomic E-state index is 12.4. The summed E-state index contributed by atoms with van der Waals surface area (Å²) in [7, 11) is 1.68. The average Bonchev–Trinajstić information content (AvgIpc) is 3.04. The maximum Gasteiger partial charge on any atom is 0.296 e. The van der Waals surface area contributed by atoms with Crippen molar-refractivity contribution in [1.29, 1.82) is 0 Å². The van der Waals surface area contributed by atoms with Crippen LogP contribution in [0, 0.1) is 0 Å². The Balaban J connectivity index is 1.94. The predicted molar refractivity (Wildman–Crippen MR) is 96.6 cm³/mol. The van der Waals surface area contributed by atoms with Crippen LogP contribution in [0.25, 0.3) is 33.5 Å². The van der Waals surface area contributed by atoms with E-state index in [9.17, 15) is 4.79 Å². The van der Waals surface area contributed by atoms with Gasteiger partial charge in [0.1, 0.15) is 5.52 Å². The summed E-state index contributed by atoms with van der Waals surface area (Å²) in [5.74, 6) is 0. The summed E-state index contributed by atoms with van der Waals surface area (Å²) in [6.45, 7) is 0. The third-order valence-electron chi connectivity index (χ3n) is 5.06. The number of aryl methyl sites for hydroxylation is 2. The van der Waals surface area contributed by atoms with Gasteiger partial charge in [-0.25, -0.2) is 9.97 Å². The van der Waals surface area contributed by atoms with Crippen LogP contribution in [0.3, 0.4) is 0 Å². The lowest BCUT2D eigenvalue weighted by Crippen LogP contribution is -2.15. The largest absolute Gasteiger partial charge is 0.430 e. The molecule has 5 heteroatoms. The first kappa shape index (κ1) is 14.4. The van der Waals surface area contributed by atoms with E-state index in [2.05, 4.69) is 17.1 Å². The average molecular weight is 331 g/mol. The molecule has 0 radical (unpaired) electrons. The molecule has 0 amide bonds. The minimum atomic E-state index is -0.172. The highest BCUT2D eigenvalue weighted by molar-refractivity contribution is 6.04. The van der Waals surface area contributed by atoms with E-state index in [1.807, 2.05) is 18.2 Å². The van der Waals surface area contributed by atoms with Crippen molar-refractivity contribution in [2.75, 3.05) is 0 Å². The van der Waals surface area contributed by atoms with Gasteiger partial charge in [-0.2, -0.15) is 0 Å². The van der Waals surface area contributed by atoms with E-state index in [0.29, 0.717) is 16.8 Å². The molecule has 0 spiro atoms. The van der Waals surface area contributed by atoms with Crippen LogP contribution in [0.5, 0.6) is 0 Å². The van der Waals surface area contributed by atoms with Crippen LogP contribution in [-0.4, -0.2) is 14.5 Å². The number of nitrogens with zero attached hydrogens (tertiary/aromatic N) is 3. The zero-order valence-corrected chi connectivity index (χ0v) is 14.0. The van der Waals surface area contributed by atoms with Gasteiger partial charge >= 0.3 is 0 Å². The minimum absolute atomic E-state index is 0.172. The quantitative estimate of drug-likeness (QED) is 0.534. The highest BCUT2D eigenvalue weighted by Gasteiger charge is 2.24. The first-order valence-corrected chi connectivity index (χ1v) is 8.59. The fourth-order valence-electron chi connectivity index (χ4n) is 3.83. The monoisotopic (exact) mass is 331 g/mol. The smallest absolute Gasteiger partial charge is 0.296 e. The van der Waals surface area contributed by atoms with Crippen LogP contribution in [0.2, 0.25) is 0 Å². The van der Waals surface area contributed by atoms with E-state index in [1.54, 1.807) is 13.4 Å². The van der Waals surface area contributed by atoms with Crippen LogP contribution < -0.4 is 5.56 Å². The van der Waals surface area contributed by atoms with Gasteiger partial charge in [0.25, 0.3) is 5.56 Å². The molecule has 124 valence electrons. The van der Waals surface area contributed by atoms with Gasteiger partial charge in [-0.1, -0.05) is 30.3 Å². The molecule has 3 aromatic heterocycles. The fourth-order valence-corrected chi connectivity index (χ4v) is 3.83. The van der Waals surface area contributed by atoms with Crippen molar-refractivity contribution in [2.24, 2.45) is 7.05 Å². The summed E-state index contributed by atoms with van der Waals surface area (Å²) < 4.78 is 7.33. The SMILES string of the molecule is Cn1cnc2c(oc3nc(-c4ccccc4)c4c(c32)CCCC4)c1=O. The van der Waals surface area contributed by atoms with E-state index in [0.717, 1.165) is 42.3 Å². The Morgan fingerprint density at radius 2 is 1.84 bits per heavy atom. The predicted octanol–water partition coefficient (Wildman–Crippen LogP) is 3.62. The molecule has 5 rings (SSSR count). The molecule has 25 heavy (non-hydrogen) atoms. The zero-order chi connectivity index (χ0) is 17.0. The van der Waals surface area contributed by atoms with Gasteiger partial charge in [-0.15, -0.1) is 0 Å². The summed E-state index contributed by atoms with van der Waals surface area (Å²) in [6.07, 6.45) is 5.82. The Kier molecular flexibility index (Phi) is 3.04. The van der Waals surface area contributed by atoms with Gasteiger partial charge in [-0.3, -0.25) is 9.36 Å². The van der Waals surface area contributed by atoms with Crippen molar-refractivity contribution >= 4 is 22.2 Å². The van der Waals surface area contributed by atoms with Gasteiger partial charge in [0, 0.05) is 12.6 Å². The number of benzene rings is 1. The first-order chi connectivity index (χ1) is 12.2. The number of furan rings is 1. The molecule has 0 N–H and O–H groups in total. The summed E-state index contributed by atoms with van der Waals surface area (Å²) in [5.41, 5.74) is 5.86. The number of hydrogen-bond donors (Lipinski definition) is 0. The Hall–Kier alpha value is -2.95. The molecule has 3 heterocycles. The number of hydrogen-bond acceptors (Lipinski definition) is 4. The Labute approximate surface area is 143 Å². The molecule has 1 aromatic carbocycles. The van der Waals surface area contributed by atoms with E-state index >= 15 is 0 Å². The second-order valence-electron chi connectivity index (χ2n) is 6.61. The molecule has 4 aromatic rings. The third kappa shape index (κ3) is 2.05. The lowest BCUT2D eigenvalue weighted by Gasteiger charge is -2.19. The van der Waals surface area contributed by atoms with Crippen LogP contribution in [-0.2, 0) is 19.9 Å². The van der Waals surface area contributed by atoms with Crippen LogP contribution in [0.4, 0.5) is 0 Å². The number of pyridine rings is 1.